The molecular formula is C26H34N4O8. The Morgan fingerprint density at radius 2 is 1.79 bits per heavy atom. The molecule has 0 aromatic heterocycles. The van der Waals surface area contributed by atoms with Gasteiger partial charge in [0.2, 0.25) is 0 Å². The van der Waals surface area contributed by atoms with Gasteiger partial charge >= 0.3 is 12.0 Å². The molecule has 0 radical (unpaired) electrons. The van der Waals surface area contributed by atoms with E-state index in [2.05, 4.69) is 10.6 Å². The summed E-state index contributed by atoms with van der Waals surface area (Å²) in [5, 5.41) is 50.1. The lowest BCUT2D eigenvalue weighted by atomic mass is 9.73. The fourth-order valence-electron chi connectivity index (χ4n) is 5.36. The van der Waals surface area contributed by atoms with Crippen LogP contribution in [0.4, 0.5) is 10.5 Å². The lowest BCUT2D eigenvalue weighted by Gasteiger charge is -2.48. The van der Waals surface area contributed by atoms with Gasteiger partial charge in [0.05, 0.1) is 18.2 Å². The normalized spacial score (nSPS) is 29.4. The van der Waals surface area contributed by atoms with Gasteiger partial charge in [0.1, 0.15) is 29.1 Å². The summed E-state index contributed by atoms with van der Waals surface area (Å²) in [5.41, 5.74) is 5.77. The van der Waals surface area contributed by atoms with E-state index in [0.29, 0.717) is 16.8 Å². The van der Waals surface area contributed by atoms with Crippen LogP contribution in [-0.2, 0) is 4.74 Å². The van der Waals surface area contributed by atoms with Gasteiger partial charge in [-0.1, -0.05) is 24.3 Å². The number of rotatable bonds is 8. The molecule has 0 aliphatic heterocycles. The van der Waals surface area contributed by atoms with Crippen LogP contribution in [0.3, 0.4) is 0 Å². The molecule has 0 spiro atoms. The van der Waals surface area contributed by atoms with E-state index in [4.69, 9.17) is 16.2 Å². The molecule has 6 atom stereocenters. The van der Waals surface area contributed by atoms with Gasteiger partial charge in [0.25, 0.3) is 0 Å². The topological polar surface area (TPSA) is 217 Å². The summed E-state index contributed by atoms with van der Waals surface area (Å²) in [6.07, 6.45) is -1.56. The number of esters is 1. The number of aliphatic hydroxyl groups is 3. The highest BCUT2D eigenvalue weighted by molar-refractivity contribution is 5.95. The number of aliphatic hydroxyl groups excluding tert-OH is 1. The average molecular weight is 531 g/mol. The molecule has 1 aliphatic rings. The van der Waals surface area contributed by atoms with Crippen LogP contribution in [-0.4, -0.2) is 79.7 Å². The predicted molar refractivity (Wildman–Crippen MR) is 138 cm³/mol. The van der Waals surface area contributed by atoms with Crippen LogP contribution < -0.4 is 22.1 Å². The van der Waals surface area contributed by atoms with Crippen molar-refractivity contribution in [3.63, 3.8) is 0 Å². The summed E-state index contributed by atoms with van der Waals surface area (Å²) >= 11 is 0. The van der Waals surface area contributed by atoms with Crippen molar-refractivity contribution in [2.75, 3.05) is 11.9 Å². The minimum Gasteiger partial charge on any atom is -0.507 e. The second-order valence-electron chi connectivity index (χ2n) is 9.86. The number of carbonyl (C=O) groups is 3. The molecule has 0 saturated heterocycles. The number of ether oxygens (including phenoxy) is 1. The van der Waals surface area contributed by atoms with E-state index in [1.54, 1.807) is 31.2 Å². The largest absolute Gasteiger partial charge is 0.507 e. The molecule has 3 rings (SSSR count). The zero-order valence-electron chi connectivity index (χ0n) is 21.6. The average Bonchev–Trinajstić information content (AvgIpc) is 2.94. The fraction of sp³-hybridized carbons (Fsp3) is 0.423. The maximum absolute atomic E-state index is 12.9. The monoisotopic (exact) mass is 530 g/mol. The van der Waals surface area contributed by atoms with E-state index in [1.807, 2.05) is 0 Å². The predicted octanol–water partition coefficient (Wildman–Crippen LogP) is 0.152. The second kappa shape index (κ2) is 10.2. The zero-order valence-corrected chi connectivity index (χ0v) is 21.6. The fourth-order valence-corrected chi connectivity index (χ4v) is 5.36. The third-order valence-electron chi connectivity index (χ3n) is 7.51. The van der Waals surface area contributed by atoms with Gasteiger partial charge in [-0.05, 0) is 51.5 Å². The third kappa shape index (κ3) is 4.56. The maximum Gasteiger partial charge on any atom is 0.342 e. The Balaban J connectivity index is 2.11. The summed E-state index contributed by atoms with van der Waals surface area (Å²) in [4.78, 5) is 36.8. The second-order valence-corrected chi connectivity index (χ2v) is 9.86. The lowest BCUT2D eigenvalue weighted by molar-refractivity contribution is -0.185. The van der Waals surface area contributed by atoms with Crippen molar-refractivity contribution >= 4 is 23.5 Å². The first kappa shape index (κ1) is 28.9. The first-order valence-corrected chi connectivity index (χ1v) is 11.9. The van der Waals surface area contributed by atoms with Crippen LogP contribution >= 0.6 is 0 Å². The van der Waals surface area contributed by atoms with Crippen molar-refractivity contribution in [2.45, 2.75) is 62.6 Å². The number of anilines is 1. The van der Waals surface area contributed by atoms with E-state index in [9.17, 15) is 34.8 Å². The van der Waals surface area contributed by atoms with E-state index in [-0.39, 0.29) is 17.1 Å². The Labute approximate surface area is 219 Å². The maximum atomic E-state index is 12.9. The van der Waals surface area contributed by atoms with Gasteiger partial charge in [0, 0.05) is 11.3 Å². The van der Waals surface area contributed by atoms with Crippen molar-refractivity contribution in [1.82, 2.24) is 5.32 Å². The Kier molecular flexibility index (Phi) is 7.76. The van der Waals surface area contributed by atoms with Crippen LogP contribution in [0, 0.1) is 6.92 Å². The Bertz CT molecular complexity index is 1230. The number of amides is 2. The van der Waals surface area contributed by atoms with Crippen molar-refractivity contribution in [3.05, 3.63) is 59.2 Å². The van der Waals surface area contributed by atoms with Gasteiger partial charge in [-0.25, -0.2) is 9.59 Å². The van der Waals surface area contributed by atoms with Crippen molar-refractivity contribution in [3.8, 4) is 5.75 Å². The molecule has 2 aromatic carbocycles. The summed E-state index contributed by atoms with van der Waals surface area (Å²) in [5.74, 6) is -1.57. The van der Waals surface area contributed by atoms with E-state index in [0.717, 1.165) is 6.92 Å². The molecule has 10 N–H and O–H groups in total. The smallest absolute Gasteiger partial charge is 0.342 e. The number of phenolic OH excluding ortho intramolecular Hbond substituents is 1. The highest BCUT2D eigenvalue weighted by Crippen LogP contribution is 2.49. The van der Waals surface area contributed by atoms with Gasteiger partial charge in [-0.3, -0.25) is 4.79 Å². The summed E-state index contributed by atoms with van der Waals surface area (Å²) in [7, 11) is 0. The number of benzene rings is 2. The number of nitrogens with two attached hydrogens (primary N) is 2. The molecular weight excluding hydrogens is 496 g/mol. The van der Waals surface area contributed by atoms with E-state index < -0.39 is 53.5 Å². The minimum atomic E-state index is -2.45. The number of hydrogen-bond acceptors (Lipinski definition) is 10. The standard InChI is InChI=1S/C26H34N4O8/c1-13-7-5-10-18(33)19(13)22(34)38-12-25(37)21(29-17-9-6-8-16(11-17)14(2)31)20(27)26(15(3)32,24(25,4)36)30-23(28)35/h5-11,15,20-21,29,32-33,36-37H,12,27H2,1-4H3,(H3,28,30,35). The summed E-state index contributed by atoms with van der Waals surface area (Å²) < 4.78 is 5.38. The van der Waals surface area contributed by atoms with Crippen LogP contribution in [0.25, 0.3) is 0 Å². The third-order valence-corrected chi connectivity index (χ3v) is 7.51. The number of urea groups is 1. The molecule has 206 valence electrons. The Morgan fingerprint density at radius 1 is 1.16 bits per heavy atom. The first-order valence-electron chi connectivity index (χ1n) is 11.9. The van der Waals surface area contributed by atoms with Gasteiger partial charge < -0.3 is 47.3 Å². The van der Waals surface area contributed by atoms with Crippen LogP contribution in [0.1, 0.15) is 47.1 Å². The van der Waals surface area contributed by atoms with E-state index in [1.165, 1.54) is 32.0 Å². The SMILES string of the molecule is CC(=O)c1cccc(NC2C(N)C(NC(N)=O)(C(C)O)C(C)(O)C2(O)COC(=O)c2c(C)cccc2O)c1. The number of aromatic hydroxyl groups is 1. The minimum absolute atomic E-state index is 0.145. The van der Waals surface area contributed by atoms with Crippen LogP contribution in [0.5, 0.6) is 5.75 Å². The van der Waals surface area contributed by atoms with Crippen LogP contribution in [0.15, 0.2) is 42.5 Å². The number of Topliss-reactive ketones (excluding diaryl/α,β-unsaturated/α-hetero) is 1. The molecule has 2 amide bonds. The molecule has 1 saturated carbocycles. The zero-order chi connectivity index (χ0) is 28.6. The highest BCUT2D eigenvalue weighted by Gasteiger charge is 2.76. The molecule has 12 nitrogen and oxygen atoms in total. The Hall–Kier alpha value is -3.71. The Morgan fingerprint density at radius 3 is 2.34 bits per heavy atom. The highest BCUT2D eigenvalue weighted by atomic mass is 16.5. The first-order chi connectivity index (χ1) is 17.6. The quantitative estimate of drug-likeness (QED) is 0.171. The van der Waals surface area contributed by atoms with Gasteiger partial charge in [-0.2, -0.15) is 0 Å². The molecule has 38 heavy (non-hydrogen) atoms. The molecule has 1 aliphatic carbocycles. The number of aryl methyl sites for hydroxylation is 1. The number of primary amides is 1. The molecule has 2 aromatic rings. The summed E-state index contributed by atoms with van der Waals surface area (Å²) in [6.45, 7) is 4.45. The number of phenols is 1. The molecule has 0 heterocycles. The van der Waals surface area contributed by atoms with Crippen LogP contribution in [0.2, 0.25) is 0 Å². The van der Waals surface area contributed by atoms with Crippen molar-refractivity contribution < 1.29 is 39.5 Å². The number of nitrogens with one attached hydrogen (secondary N) is 2. The number of ketones is 1. The van der Waals surface area contributed by atoms with E-state index >= 15 is 0 Å². The molecule has 12 heteroatoms. The van der Waals surface area contributed by atoms with Crippen molar-refractivity contribution in [2.24, 2.45) is 11.5 Å². The lowest BCUT2D eigenvalue weighted by Crippen LogP contribution is -2.76. The van der Waals surface area contributed by atoms with Crippen molar-refractivity contribution in [1.29, 1.82) is 0 Å². The molecule has 0 bridgehead atoms. The number of hydrogen-bond donors (Lipinski definition) is 8. The van der Waals surface area contributed by atoms with Gasteiger partial charge in [-0.15, -0.1) is 0 Å². The number of carbonyl (C=O) groups excluding carboxylic acids is 3. The van der Waals surface area contributed by atoms with Gasteiger partial charge in [0.15, 0.2) is 11.4 Å². The molecule has 6 unspecified atom stereocenters. The summed E-state index contributed by atoms with van der Waals surface area (Å²) in [6, 6.07) is 6.72. The molecule has 1 fully saturated rings.